The fraction of sp³-hybridized carbons (Fsp3) is 0.739. The molecule has 2 aliphatic heterocycles. The molecule has 6 bridgehead atoms. The molecule has 150 valence electrons. The Hall–Kier alpha value is -1.62. The van der Waals surface area contributed by atoms with Crippen molar-refractivity contribution in [3.8, 4) is 0 Å². The molecule has 6 fully saturated rings. The Bertz CT molecular complexity index is 730. The first-order valence-electron chi connectivity index (χ1n) is 11.3. The van der Waals surface area contributed by atoms with Gasteiger partial charge < -0.3 is 15.3 Å². The second-order valence-electron chi connectivity index (χ2n) is 10.6. The molecule has 28 heavy (non-hydrogen) atoms. The van der Waals surface area contributed by atoms with E-state index in [2.05, 4.69) is 15.2 Å². The van der Waals surface area contributed by atoms with Gasteiger partial charge in [-0.15, -0.1) is 0 Å². The third-order valence-corrected chi connectivity index (χ3v) is 8.61. The molecule has 0 radical (unpaired) electrons. The number of hydrogen-bond donors (Lipinski definition) is 2. The molecule has 2 N–H and O–H groups in total. The zero-order chi connectivity index (χ0) is 18.9. The van der Waals surface area contributed by atoms with Gasteiger partial charge in [0, 0.05) is 48.4 Å². The highest BCUT2D eigenvalue weighted by Crippen LogP contribution is 2.56. The van der Waals surface area contributed by atoms with Crippen molar-refractivity contribution in [2.45, 2.75) is 87.4 Å². The minimum atomic E-state index is -0.850. The second kappa shape index (κ2) is 5.94. The second-order valence-corrected chi connectivity index (χ2v) is 10.6. The maximum atomic E-state index is 13.4. The number of urea groups is 1. The lowest BCUT2D eigenvalue weighted by atomic mass is 9.53. The van der Waals surface area contributed by atoms with Crippen LogP contribution in [0.2, 0.25) is 0 Å². The van der Waals surface area contributed by atoms with Crippen molar-refractivity contribution in [2.75, 3.05) is 0 Å². The zero-order valence-corrected chi connectivity index (χ0v) is 16.5. The Morgan fingerprint density at radius 1 is 1.04 bits per heavy atom. The van der Waals surface area contributed by atoms with E-state index in [1.165, 1.54) is 38.5 Å². The molecule has 4 saturated carbocycles. The monoisotopic (exact) mass is 381 g/mol. The average molecular weight is 382 g/mol. The zero-order valence-electron chi connectivity index (χ0n) is 16.5. The normalized spacial score (nSPS) is 46.0. The van der Waals surface area contributed by atoms with Crippen molar-refractivity contribution < 1.29 is 9.90 Å². The number of piperidine rings is 1. The maximum Gasteiger partial charge on any atom is 0.318 e. The maximum absolute atomic E-state index is 13.4. The molecule has 5 nitrogen and oxygen atoms in total. The van der Waals surface area contributed by atoms with Gasteiger partial charge in [0.2, 0.25) is 0 Å². The molecule has 6 aliphatic rings. The van der Waals surface area contributed by atoms with Gasteiger partial charge in [-0.25, -0.2) is 4.79 Å². The van der Waals surface area contributed by atoms with Crippen molar-refractivity contribution in [3.63, 3.8) is 0 Å². The lowest BCUT2D eigenvalue weighted by Crippen LogP contribution is -2.64. The highest BCUT2D eigenvalue weighted by molar-refractivity contribution is 5.76. The van der Waals surface area contributed by atoms with Crippen molar-refractivity contribution in [2.24, 2.45) is 17.8 Å². The summed E-state index contributed by atoms with van der Waals surface area (Å²) >= 11 is 0. The topological polar surface area (TPSA) is 65.5 Å². The number of hydrogen-bond acceptors (Lipinski definition) is 3. The van der Waals surface area contributed by atoms with E-state index < -0.39 is 5.60 Å². The molecule has 5 heteroatoms. The number of fused-ring (bicyclic) bond motifs is 2. The molecule has 0 aromatic carbocycles. The van der Waals surface area contributed by atoms with Crippen molar-refractivity contribution in [1.82, 2.24) is 15.2 Å². The third-order valence-electron chi connectivity index (χ3n) is 8.61. The van der Waals surface area contributed by atoms with Crippen LogP contribution in [0.25, 0.3) is 0 Å². The van der Waals surface area contributed by atoms with Crippen LogP contribution in [0.1, 0.15) is 69.8 Å². The highest BCUT2D eigenvalue weighted by Gasteiger charge is 2.54. The summed E-state index contributed by atoms with van der Waals surface area (Å²) in [7, 11) is 0. The predicted molar refractivity (Wildman–Crippen MR) is 105 cm³/mol. The van der Waals surface area contributed by atoms with Crippen LogP contribution in [0.3, 0.4) is 0 Å². The van der Waals surface area contributed by atoms with E-state index in [0.717, 1.165) is 36.2 Å². The Kier molecular flexibility index (Phi) is 3.66. The Balaban J connectivity index is 1.20. The number of aromatic nitrogens is 1. The number of nitrogens with zero attached hydrogens (tertiary/aromatic N) is 2. The molecule has 0 unspecified atom stereocenters. The van der Waals surface area contributed by atoms with Crippen molar-refractivity contribution in [3.05, 3.63) is 30.1 Å². The first-order valence-corrected chi connectivity index (χ1v) is 11.3. The van der Waals surface area contributed by atoms with E-state index in [-0.39, 0.29) is 23.7 Å². The SMILES string of the molecule is O=C(NC12CC3CC(CC(C3)C1)C2)N1[C@@H]2CC[C@@H]1CC(O)(c1cccnc1)C2. The molecular formula is C23H31N3O2. The number of aliphatic hydroxyl groups is 1. The fourth-order valence-corrected chi connectivity index (χ4v) is 7.99. The highest BCUT2D eigenvalue weighted by atomic mass is 16.3. The van der Waals surface area contributed by atoms with Crippen LogP contribution in [-0.4, -0.2) is 38.6 Å². The van der Waals surface area contributed by atoms with E-state index in [9.17, 15) is 9.90 Å². The Morgan fingerprint density at radius 3 is 2.18 bits per heavy atom. The molecular weight excluding hydrogens is 350 g/mol. The van der Waals surface area contributed by atoms with Gasteiger partial charge in [-0.3, -0.25) is 4.98 Å². The van der Waals surface area contributed by atoms with Gasteiger partial charge in [0.1, 0.15) is 0 Å². The average Bonchev–Trinajstić information content (AvgIpc) is 2.93. The molecule has 2 amide bonds. The van der Waals surface area contributed by atoms with Gasteiger partial charge in [-0.2, -0.15) is 0 Å². The number of pyridine rings is 1. The Morgan fingerprint density at radius 2 is 1.64 bits per heavy atom. The summed E-state index contributed by atoms with van der Waals surface area (Å²) in [6.07, 6.45) is 14.5. The molecule has 0 spiro atoms. The van der Waals surface area contributed by atoms with Crippen molar-refractivity contribution >= 4 is 6.03 Å². The first-order chi connectivity index (χ1) is 13.5. The molecule has 3 heterocycles. The van der Waals surface area contributed by atoms with Crippen LogP contribution in [0.4, 0.5) is 4.79 Å². The van der Waals surface area contributed by atoms with Crippen LogP contribution in [-0.2, 0) is 5.60 Å². The first kappa shape index (κ1) is 17.3. The molecule has 4 aliphatic carbocycles. The van der Waals surface area contributed by atoms with Crippen LogP contribution < -0.4 is 5.32 Å². The van der Waals surface area contributed by atoms with Gasteiger partial charge >= 0.3 is 6.03 Å². The molecule has 7 rings (SSSR count). The number of carbonyl (C=O) groups is 1. The van der Waals surface area contributed by atoms with Crippen LogP contribution >= 0.6 is 0 Å². The predicted octanol–water partition coefficient (Wildman–Crippen LogP) is 3.57. The summed E-state index contributed by atoms with van der Waals surface area (Å²) in [6, 6.07) is 4.28. The van der Waals surface area contributed by atoms with Gasteiger partial charge in [0.25, 0.3) is 0 Å². The van der Waals surface area contributed by atoms with E-state index in [1.807, 2.05) is 12.1 Å². The standard InChI is InChI=1S/C23H31N3O2/c27-21(25-22-9-15-6-16(10-22)8-17(7-15)11-22)26-19-3-4-20(26)13-23(28,12-19)18-2-1-5-24-14-18/h1-2,5,14-17,19-20,28H,3-4,6-13H2,(H,25,27)/t15?,16?,17?,19-,20-,22?/m1/s1. The summed E-state index contributed by atoms with van der Waals surface area (Å²) in [5.74, 6) is 2.50. The quantitative estimate of drug-likeness (QED) is 0.823. The van der Waals surface area contributed by atoms with E-state index in [4.69, 9.17) is 0 Å². The number of rotatable bonds is 2. The van der Waals surface area contributed by atoms with Crippen LogP contribution in [0.5, 0.6) is 0 Å². The molecule has 1 aromatic heterocycles. The minimum Gasteiger partial charge on any atom is -0.385 e. The van der Waals surface area contributed by atoms with Crippen LogP contribution in [0, 0.1) is 17.8 Å². The molecule has 2 saturated heterocycles. The lowest BCUT2D eigenvalue weighted by molar-refractivity contribution is -0.0494. The summed E-state index contributed by atoms with van der Waals surface area (Å²) < 4.78 is 0. The van der Waals surface area contributed by atoms with E-state index >= 15 is 0 Å². The summed E-state index contributed by atoms with van der Waals surface area (Å²) in [4.78, 5) is 19.7. The van der Waals surface area contributed by atoms with Crippen molar-refractivity contribution in [1.29, 1.82) is 0 Å². The third kappa shape index (κ3) is 2.62. The summed E-state index contributed by atoms with van der Waals surface area (Å²) in [5.41, 5.74) is 0.105. The number of nitrogens with one attached hydrogen (secondary N) is 1. The largest absolute Gasteiger partial charge is 0.385 e. The van der Waals surface area contributed by atoms with Crippen LogP contribution in [0.15, 0.2) is 24.5 Å². The summed E-state index contributed by atoms with van der Waals surface area (Å²) in [5, 5.41) is 14.9. The number of amides is 2. The summed E-state index contributed by atoms with van der Waals surface area (Å²) in [6.45, 7) is 0. The number of carbonyl (C=O) groups excluding carboxylic acids is 1. The smallest absolute Gasteiger partial charge is 0.318 e. The van der Waals surface area contributed by atoms with E-state index in [1.54, 1.807) is 12.4 Å². The van der Waals surface area contributed by atoms with Gasteiger partial charge in [0.05, 0.1) is 5.60 Å². The lowest BCUT2D eigenvalue weighted by Gasteiger charge is -2.57. The Labute approximate surface area is 166 Å². The fourth-order valence-electron chi connectivity index (χ4n) is 7.99. The van der Waals surface area contributed by atoms with Gasteiger partial charge in [0.15, 0.2) is 0 Å². The van der Waals surface area contributed by atoms with Gasteiger partial charge in [-0.05, 0) is 75.2 Å². The molecule has 2 atom stereocenters. The van der Waals surface area contributed by atoms with E-state index in [0.29, 0.717) is 12.8 Å². The van der Waals surface area contributed by atoms with Gasteiger partial charge in [-0.1, -0.05) is 6.07 Å². The minimum absolute atomic E-state index is 0.0579. The molecule has 1 aromatic rings.